The van der Waals surface area contributed by atoms with Gasteiger partial charge in [0.1, 0.15) is 5.60 Å². The molecule has 0 atom stereocenters. The van der Waals surface area contributed by atoms with Crippen LogP contribution in [-0.2, 0) is 14.6 Å². The van der Waals surface area contributed by atoms with Gasteiger partial charge in [0.15, 0.2) is 9.84 Å². The molecular formula is C18H20Cl2N2O4S. The van der Waals surface area contributed by atoms with E-state index in [0.717, 1.165) is 6.26 Å². The average Bonchev–Trinajstić information content (AvgIpc) is 2.49. The minimum Gasteiger partial charge on any atom is -0.444 e. The van der Waals surface area contributed by atoms with E-state index in [1.54, 1.807) is 45.0 Å². The third-order valence-electron chi connectivity index (χ3n) is 3.25. The van der Waals surface area contributed by atoms with E-state index in [0.29, 0.717) is 22.1 Å². The van der Waals surface area contributed by atoms with Crippen LogP contribution in [0.3, 0.4) is 0 Å². The van der Waals surface area contributed by atoms with Crippen LogP contribution in [0.5, 0.6) is 0 Å². The Labute approximate surface area is 168 Å². The summed E-state index contributed by atoms with van der Waals surface area (Å²) in [6, 6.07) is 9.31. The van der Waals surface area contributed by atoms with Crippen molar-refractivity contribution in [2.24, 2.45) is 0 Å². The quantitative estimate of drug-likeness (QED) is 0.669. The Kier molecular flexibility index (Phi) is 6.29. The van der Waals surface area contributed by atoms with Crippen molar-refractivity contribution in [3.63, 3.8) is 0 Å². The van der Waals surface area contributed by atoms with Gasteiger partial charge in [0, 0.05) is 11.9 Å². The molecule has 146 valence electrons. The minimum absolute atomic E-state index is 0.126. The van der Waals surface area contributed by atoms with Gasteiger partial charge in [-0.05, 0) is 57.2 Å². The smallest absolute Gasteiger partial charge is 0.412 e. The highest BCUT2D eigenvalue weighted by Gasteiger charge is 2.17. The van der Waals surface area contributed by atoms with Crippen molar-refractivity contribution < 1.29 is 17.9 Å². The number of rotatable bonds is 4. The maximum atomic E-state index is 11.9. The first-order valence-electron chi connectivity index (χ1n) is 7.91. The lowest BCUT2D eigenvalue weighted by atomic mass is 10.2. The number of hydrogen-bond acceptors (Lipinski definition) is 5. The fourth-order valence-corrected chi connectivity index (χ4v) is 3.20. The lowest BCUT2D eigenvalue weighted by Crippen LogP contribution is -2.27. The summed E-state index contributed by atoms with van der Waals surface area (Å²) >= 11 is 12.3. The van der Waals surface area contributed by atoms with E-state index in [1.165, 1.54) is 12.1 Å². The van der Waals surface area contributed by atoms with Gasteiger partial charge in [-0.2, -0.15) is 0 Å². The molecule has 0 unspecified atom stereocenters. The second kappa shape index (κ2) is 7.96. The first-order chi connectivity index (χ1) is 12.3. The van der Waals surface area contributed by atoms with Gasteiger partial charge in [0.05, 0.1) is 26.3 Å². The molecule has 0 heterocycles. The number of carbonyl (C=O) groups excluding carboxylic acids is 1. The van der Waals surface area contributed by atoms with Gasteiger partial charge < -0.3 is 10.1 Å². The van der Waals surface area contributed by atoms with Crippen LogP contribution in [0.1, 0.15) is 20.8 Å². The van der Waals surface area contributed by atoms with Crippen molar-refractivity contribution in [3.05, 3.63) is 46.4 Å². The molecule has 6 nitrogen and oxygen atoms in total. The van der Waals surface area contributed by atoms with E-state index in [2.05, 4.69) is 10.6 Å². The van der Waals surface area contributed by atoms with Crippen molar-refractivity contribution in [1.29, 1.82) is 0 Å². The Morgan fingerprint density at radius 1 is 1.00 bits per heavy atom. The molecule has 1 amide bonds. The topological polar surface area (TPSA) is 84.5 Å². The Hall–Kier alpha value is -1.96. The second-order valence-electron chi connectivity index (χ2n) is 6.86. The zero-order valence-corrected chi connectivity index (χ0v) is 17.6. The Morgan fingerprint density at radius 3 is 2.22 bits per heavy atom. The van der Waals surface area contributed by atoms with Crippen LogP contribution in [0.15, 0.2) is 41.3 Å². The normalized spacial score (nSPS) is 11.8. The number of amides is 1. The molecule has 0 aliphatic heterocycles. The average molecular weight is 431 g/mol. The number of anilines is 3. The van der Waals surface area contributed by atoms with Crippen LogP contribution in [0.25, 0.3) is 0 Å². The van der Waals surface area contributed by atoms with Gasteiger partial charge in [-0.25, -0.2) is 13.2 Å². The monoisotopic (exact) mass is 430 g/mol. The first kappa shape index (κ1) is 21.3. The predicted molar refractivity (Wildman–Crippen MR) is 109 cm³/mol. The van der Waals surface area contributed by atoms with Crippen molar-refractivity contribution in [2.75, 3.05) is 16.9 Å². The van der Waals surface area contributed by atoms with Crippen LogP contribution in [0.4, 0.5) is 21.9 Å². The summed E-state index contributed by atoms with van der Waals surface area (Å²) in [6.45, 7) is 5.27. The highest BCUT2D eigenvalue weighted by Crippen LogP contribution is 2.31. The summed E-state index contributed by atoms with van der Waals surface area (Å²) in [5.74, 6) is 0. The lowest BCUT2D eigenvalue weighted by molar-refractivity contribution is 0.0636. The molecule has 9 heteroatoms. The van der Waals surface area contributed by atoms with Gasteiger partial charge >= 0.3 is 6.09 Å². The van der Waals surface area contributed by atoms with E-state index >= 15 is 0 Å². The number of hydrogen-bond donors (Lipinski definition) is 2. The molecule has 0 saturated carbocycles. The molecule has 0 fully saturated rings. The third-order valence-corrected chi connectivity index (χ3v) is 5.00. The summed E-state index contributed by atoms with van der Waals surface area (Å²) < 4.78 is 28.4. The van der Waals surface area contributed by atoms with E-state index in [9.17, 15) is 13.2 Å². The van der Waals surface area contributed by atoms with Crippen molar-refractivity contribution >= 4 is 56.2 Å². The van der Waals surface area contributed by atoms with Gasteiger partial charge in [0.2, 0.25) is 0 Å². The summed E-state index contributed by atoms with van der Waals surface area (Å²) in [5, 5.41) is 6.24. The number of sulfone groups is 1. The minimum atomic E-state index is -3.35. The predicted octanol–water partition coefficient (Wildman–Crippen LogP) is 5.49. The molecule has 0 saturated heterocycles. The highest BCUT2D eigenvalue weighted by atomic mass is 35.5. The first-order valence-corrected chi connectivity index (χ1v) is 10.6. The van der Waals surface area contributed by atoms with E-state index in [-0.39, 0.29) is 9.92 Å². The molecule has 2 N–H and O–H groups in total. The highest BCUT2D eigenvalue weighted by molar-refractivity contribution is 7.90. The Balaban J connectivity index is 2.22. The molecule has 2 aromatic rings. The van der Waals surface area contributed by atoms with Crippen molar-refractivity contribution in [3.8, 4) is 0 Å². The van der Waals surface area contributed by atoms with Crippen molar-refractivity contribution in [2.45, 2.75) is 31.3 Å². The van der Waals surface area contributed by atoms with Gasteiger partial charge in [0.25, 0.3) is 0 Å². The molecule has 0 aromatic heterocycles. The maximum Gasteiger partial charge on any atom is 0.412 e. The van der Waals surface area contributed by atoms with Crippen LogP contribution < -0.4 is 10.6 Å². The second-order valence-corrected chi connectivity index (χ2v) is 9.69. The zero-order chi connectivity index (χ0) is 20.4. The number of carbonyl (C=O) groups is 1. The van der Waals surface area contributed by atoms with Gasteiger partial charge in [-0.1, -0.05) is 23.2 Å². The van der Waals surface area contributed by atoms with E-state index < -0.39 is 21.5 Å². The lowest BCUT2D eigenvalue weighted by Gasteiger charge is -2.20. The molecule has 0 spiro atoms. The van der Waals surface area contributed by atoms with Gasteiger partial charge in [-0.15, -0.1) is 0 Å². The molecule has 2 rings (SSSR count). The molecule has 27 heavy (non-hydrogen) atoms. The van der Waals surface area contributed by atoms with Crippen LogP contribution in [-0.4, -0.2) is 26.4 Å². The summed E-state index contributed by atoms with van der Waals surface area (Å²) in [6.07, 6.45) is 0.483. The number of nitrogens with one attached hydrogen (secondary N) is 2. The number of ether oxygens (including phenoxy) is 1. The zero-order valence-electron chi connectivity index (χ0n) is 15.3. The Bertz CT molecular complexity index is 970. The van der Waals surface area contributed by atoms with Crippen LogP contribution in [0, 0.1) is 0 Å². The maximum absolute atomic E-state index is 11.9. The third kappa shape index (κ3) is 6.30. The number of benzene rings is 2. The van der Waals surface area contributed by atoms with Crippen LogP contribution >= 0.6 is 23.2 Å². The largest absolute Gasteiger partial charge is 0.444 e. The summed E-state index contributed by atoms with van der Waals surface area (Å²) in [5.41, 5.74) is 0.829. The van der Waals surface area contributed by atoms with E-state index in [4.69, 9.17) is 27.9 Å². The standard InChI is InChI=1S/C18H20Cl2N2O4S/c1-18(2,3)26-17(23)22-16-9-11(5-7-13(16)19)21-15-8-6-12(10-14(15)20)27(4,24)25/h5-10,21H,1-4H3,(H,22,23). The number of halogens is 2. The Morgan fingerprint density at radius 2 is 1.67 bits per heavy atom. The fraction of sp³-hybridized carbons (Fsp3) is 0.278. The van der Waals surface area contributed by atoms with Crippen molar-refractivity contribution in [1.82, 2.24) is 0 Å². The molecule has 0 aliphatic carbocycles. The molecule has 0 bridgehead atoms. The van der Waals surface area contributed by atoms with E-state index in [1.807, 2.05) is 0 Å². The van der Waals surface area contributed by atoms with Crippen LogP contribution in [0.2, 0.25) is 10.0 Å². The summed E-state index contributed by atoms with van der Waals surface area (Å²) in [7, 11) is -3.35. The molecular weight excluding hydrogens is 411 g/mol. The molecule has 0 radical (unpaired) electrons. The molecule has 0 aliphatic rings. The summed E-state index contributed by atoms with van der Waals surface area (Å²) in [4.78, 5) is 12.1. The molecule has 2 aromatic carbocycles. The fourth-order valence-electron chi connectivity index (χ4n) is 2.10. The van der Waals surface area contributed by atoms with Gasteiger partial charge in [-0.3, -0.25) is 5.32 Å². The SMILES string of the molecule is CC(C)(C)OC(=O)Nc1cc(Nc2ccc(S(C)(=O)=O)cc2Cl)ccc1Cl.